The van der Waals surface area contributed by atoms with Gasteiger partial charge in [-0.2, -0.15) is 0 Å². The standard InChI is InChI=1S/C23H23ClN4O4S2/c1-2-32-22(31)19-15-5-3-4-6-17(15)34-21(19)25-18(29)12-33-23-26-20(30)16(27-28-23)11-13-7-9-14(24)10-8-13/h7-10H,2-6,11-12H2,1H3,(H,25,29)(H,26,28,30). The molecule has 0 radical (unpaired) electrons. The molecule has 0 spiro atoms. The first-order valence-electron chi connectivity index (χ1n) is 10.9. The summed E-state index contributed by atoms with van der Waals surface area (Å²) in [4.78, 5) is 41.4. The fourth-order valence-electron chi connectivity index (χ4n) is 3.69. The average molecular weight is 519 g/mol. The Labute approximate surface area is 209 Å². The van der Waals surface area contributed by atoms with Crippen LogP contribution in [0.1, 0.15) is 51.8 Å². The van der Waals surface area contributed by atoms with Gasteiger partial charge in [-0.25, -0.2) is 4.79 Å². The lowest BCUT2D eigenvalue weighted by Gasteiger charge is -2.12. The van der Waals surface area contributed by atoms with Gasteiger partial charge < -0.3 is 10.1 Å². The number of hydrogen-bond donors (Lipinski definition) is 2. The number of aryl methyl sites for hydroxylation is 1. The van der Waals surface area contributed by atoms with Crippen LogP contribution in [0.5, 0.6) is 0 Å². The van der Waals surface area contributed by atoms with Crippen molar-refractivity contribution in [2.24, 2.45) is 0 Å². The van der Waals surface area contributed by atoms with E-state index in [0.717, 1.165) is 53.4 Å². The molecule has 0 saturated heterocycles. The molecule has 0 unspecified atom stereocenters. The summed E-state index contributed by atoms with van der Waals surface area (Å²) in [6, 6.07) is 7.14. The van der Waals surface area contributed by atoms with Crippen LogP contribution in [0.2, 0.25) is 5.02 Å². The van der Waals surface area contributed by atoms with E-state index in [1.54, 1.807) is 19.1 Å². The molecule has 3 aromatic rings. The number of fused-ring (bicyclic) bond motifs is 1. The van der Waals surface area contributed by atoms with E-state index >= 15 is 0 Å². The van der Waals surface area contributed by atoms with E-state index in [4.69, 9.17) is 16.3 Å². The molecule has 0 saturated carbocycles. The van der Waals surface area contributed by atoms with E-state index in [0.29, 0.717) is 22.0 Å². The highest BCUT2D eigenvalue weighted by atomic mass is 35.5. The predicted octanol–water partition coefficient (Wildman–Crippen LogP) is 4.26. The van der Waals surface area contributed by atoms with Crippen LogP contribution in [0.3, 0.4) is 0 Å². The zero-order valence-electron chi connectivity index (χ0n) is 18.5. The minimum atomic E-state index is -0.406. The Balaban J connectivity index is 1.40. The highest BCUT2D eigenvalue weighted by Crippen LogP contribution is 2.38. The lowest BCUT2D eigenvalue weighted by atomic mass is 9.95. The van der Waals surface area contributed by atoms with Crippen molar-refractivity contribution in [2.75, 3.05) is 17.7 Å². The number of thioether (sulfide) groups is 1. The van der Waals surface area contributed by atoms with Gasteiger partial charge in [0.15, 0.2) is 5.16 Å². The van der Waals surface area contributed by atoms with Crippen molar-refractivity contribution in [3.8, 4) is 0 Å². The molecule has 4 rings (SSSR count). The number of esters is 1. The second-order valence-electron chi connectivity index (χ2n) is 7.68. The Morgan fingerprint density at radius 3 is 2.71 bits per heavy atom. The molecule has 0 atom stereocenters. The van der Waals surface area contributed by atoms with Gasteiger partial charge >= 0.3 is 5.97 Å². The molecule has 11 heteroatoms. The maximum Gasteiger partial charge on any atom is 0.341 e. The quantitative estimate of drug-likeness (QED) is 0.338. The number of nitrogens with one attached hydrogen (secondary N) is 2. The predicted molar refractivity (Wildman–Crippen MR) is 133 cm³/mol. The Morgan fingerprint density at radius 2 is 1.97 bits per heavy atom. The molecular weight excluding hydrogens is 496 g/mol. The first kappa shape index (κ1) is 24.4. The number of aromatic nitrogens is 3. The van der Waals surface area contributed by atoms with Crippen LogP contribution in [0.4, 0.5) is 5.00 Å². The zero-order chi connectivity index (χ0) is 24.1. The molecule has 0 aliphatic heterocycles. The topological polar surface area (TPSA) is 114 Å². The summed E-state index contributed by atoms with van der Waals surface area (Å²) in [5.41, 5.74) is 2.27. The van der Waals surface area contributed by atoms with Gasteiger partial charge in [0.05, 0.1) is 17.9 Å². The number of carbonyl (C=O) groups is 2. The van der Waals surface area contributed by atoms with Gasteiger partial charge in [-0.3, -0.25) is 14.6 Å². The number of H-pyrrole nitrogens is 1. The number of rotatable bonds is 8. The van der Waals surface area contributed by atoms with Crippen molar-refractivity contribution in [1.82, 2.24) is 15.2 Å². The summed E-state index contributed by atoms with van der Waals surface area (Å²) in [5, 5.41) is 12.3. The summed E-state index contributed by atoms with van der Waals surface area (Å²) in [7, 11) is 0. The van der Waals surface area contributed by atoms with E-state index in [-0.39, 0.29) is 34.7 Å². The Hall–Kier alpha value is -2.69. The molecule has 2 aromatic heterocycles. The van der Waals surface area contributed by atoms with Crippen molar-refractivity contribution >= 4 is 51.6 Å². The molecule has 1 aromatic carbocycles. The third-order valence-corrected chi connectivity index (χ3v) is 7.60. The van der Waals surface area contributed by atoms with Crippen molar-refractivity contribution in [2.45, 2.75) is 44.2 Å². The fourth-order valence-corrected chi connectivity index (χ4v) is 5.71. The average Bonchev–Trinajstić information content (AvgIpc) is 3.18. The van der Waals surface area contributed by atoms with Crippen LogP contribution in [-0.4, -0.2) is 39.4 Å². The normalized spacial score (nSPS) is 12.8. The minimum Gasteiger partial charge on any atom is -0.462 e. The van der Waals surface area contributed by atoms with Crippen LogP contribution >= 0.6 is 34.7 Å². The van der Waals surface area contributed by atoms with Crippen molar-refractivity contribution in [3.05, 3.63) is 66.9 Å². The number of ether oxygens (including phenoxy) is 1. The summed E-state index contributed by atoms with van der Waals surface area (Å²) in [6.45, 7) is 2.03. The van der Waals surface area contributed by atoms with Crippen molar-refractivity contribution in [1.29, 1.82) is 0 Å². The SMILES string of the molecule is CCOC(=O)c1c(NC(=O)CSc2nnc(Cc3ccc(Cl)cc3)c(=O)[nH]2)sc2c1CCCC2. The number of halogens is 1. The third-order valence-electron chi connectivity index (χ3n) is 5.27. The molecule has 2 N–H and O–H groups in total. The van der Waals surface area contributed by atoms with Crippen LogP contribution in [-0.2, 0) is 28.8 Å². The van der Waals surface area contributed by atoms with Crippen LogP contribution in [0, 0.1) is 0 Å². The van der Waals surface area contributed by atoms with Crippen molar-refractivity contribution in [3.63, 3.8) is 0 Å². The minimum absolute atomic E-state index is 0.00594. The second-order valence-corrected chi connectivity index (χ2v) is 10.2. The monoisotopic (exact) mass is 518 g/mol. The number of nitrogens with zero attached hydrogens (tertiary/aromatic N) is 2. The number of hydrogen-bond acceptors (Lipinski definition) is 8. The summed E-state index contributed by atoms with van der Waals surface area (Å²) < 4.78 is 5.22. The molecular formula is C23H23ClN4O4S2. The van der Waals surface area contributed by atoms with E-state index in [9.17, 15) is 14.4 Å². The number of amides is 1. The van der Waals surface area contributed by atoms with Gasteiger partial charge in [0.25, 0.3) is 5.56 Å². The zero-order valence-corrected chi connectivity index (χ0v) is 20.9. The van der Waals surface area contributed by atoms with Gasteiger partial charge in [0, 0.05) is 16.3 Å². The van der Waals surface area contributed by atoms with Crippen molar-refractivity contribution < 1.29 is 14.3 Å². The summed E-state index contributed by atoms with van der Waals surface area (Å²) >= 11 is 8.39. The largest absolute Gasteiger partial charge is 0.462 e. The number of carbonyl (C=O) groups excluding carboxylic acids is 2. The number of anilines is 1. The molecule has 1 amide bonds. The molecule has 178 valence electrons. The van der Waals surface area contributed by atoms with Gasteiger partial charge in [-0.1, -0.05) is 35.5 Å². The first-order chi connectivity index (χ1) is 16.4. The Bertz CT molecular complexity index is 1260. The third kappa shape index (κ3) is 5.86. The lowest BCUT2D eigenvalue weighted by Crippen LogP contribution is -2.20. The summed E-state index contributed by atoms with van der Waals surface area (Å²) in [6.07, 6.45) is 4.11. The van der Waals surface area contributed by atoms with Crippen LogP contribution < -0.4 is 10.9 Å². The highest BCUT2D eigenvalue weighted by molar-refractivity contribution is 7.99. The molecule has 2 heterocycles. The molecule has 34 heavy (non-hydrogen) atoms. The van der Waals surface area contributed by atoms with E-state index < -0.39 is 5.97 Å². The van der Waals surface area contributed by atoms with Gasteiger partial charge in [-0.15, -0.1) is 21.5 Å². The number of benzene rings is 1. The lowest BCUT2D eigenvalue weighted by molar-refractivity contribution is -0.113. The Kier molecular flexibility index (Phi) is 8.02. The van der Waals surface area contributed by atoms with Gasteiger partial charge in [0.1, 0.15) is 10.7 Å². The number of aromatic amines is 1. The smallest absolute Gasteiger partial charge is 0.341 e. The number of thiophene rings is 1. The molecule has 1 aliphatic carbocycles. The van der Waals surface area contributed by atoms with Crippen LogP contribution in [0.25, 0.3) is 0 Å². The summed E-state index contributed by atoms with van der Waals surface area (Å²) in [5.74, 6) is -0.704. The maximum atomic E-state index is 12.6. The second kappa shape index (κ2) is 11.2. The molecule has 8 nitrogen and oxygen atoms in total. The molecule has 0 bridgehead atoms. The van der Waals surface area contributed by atoms with Crippen LogP contribution in [0.15, 0.2) is 34.2 Å². The maximum absolute atomic E-state index is 12.6. The Morgan fingerprint density at radius 1 is 1.21 bits per heavy atom. The highest BCUT2D eigenvalue weighted by Gasteiger charge is 2.27. The molecule has 1 aliphatic rings. The fraction of sp³-hybridized carbons (Fsp3) is 0.348. The first-order valence-corrected chi connectivity index (χ1v) is 13.1. The van der Waals surface area contributed by atoms with Gasteiger partial charge in [-0.05, 0) is 55.9 Å². The van der Waals surface area contributed by atoms with E-state index in [1.807, 2.05) is 12.1 Å². The van der Waals surface area contributed by atoms with E-state index in [1.165, 1.54) is 11.3 Å². The van der Waals surface area contributed by atoms with Gasteiger partial charge in [0.2, 0.25) is 5.91 Å². The molecule has 0 fully saturated rings. The van der Waals surface area contributed by atoms with E-state index in [2.05, 4.69) is 20.5 Å².